The Hall–Kier alpha value is -3.23. The van der Waals surface area contributed by atoms with Crippen LogP contribution in [0.25, 0.3) is 22.7 Å². The summed E-state index contributed by atoms with van der Waals surface area (Å²) in [6.07, 6.45) is 3.51. The number of nitrogens with zero attached hydrogens (tertiary/aromatic N) is 6. The first-order chi connectivity index (χ1) is 14.7. The van der Waals surface area contributed by atoms with E-state index in [1.54, 1.807) is 12.4 Å². The molecule has 30 heavy (non-hydrogen) atoms. The second-order valence-corrected chi connectivity index (χ2v) is 7.47. The lowest BCUT2D eigenvalue weighted by atomic mass is 10.1. The number of ether oxygens (including phenoxy) is 1. The second kappa shape index (κ2) is 7.89. The van der Waals surface area contributed by atoms with Crippen molar-refractivity contribution in [2.24, 2.45) is 7.05 Å². The van der Waals surface area contributed by atoms with E-state index in [-0.39, 0.29) is 6.04 Å². The molecule has 1 fully saturated rings. The van der Waals surface area contributed by atoms with Gasteiger partial charge in [0.15, 0.2) is 11.6 Å². The van der Waals surface area contributed by atoms with E-state index < -0.39 is 0 Å². The summed E-state index contributed by atoms with van der Waals surface area (Å²) in [4.78, 5) is 6.33. The zero-order valence-corrected chi connectivity index (χ0v) is 17.0. The van der Waals surface area contributed by atoms with Gasteiger partial charge in [0, 0.05) is 48.2 Å². The summed E-state index contributed by atoms with van der Waals surface area (Å²) < 4.78 is 13.3. The van der Waals surface area contributed by atoms with Crippen molar-refractivity contribution in [1.29, 1.82) is 0 Å². The van der Waals surface area contributed by atoms with Crippen LogP contribution in [0, 0.1) is 0 Å². The summed E-state index contributed by atoms with van der Waals surface area (Å²) in [5.74, 6) is 2.16. The monoisotopic (exact) mass is 422 g/mol. The minimum atomic E-state index is -0.139. The lowest BCUT2D eigenvalue weighted by molar-refractivity contribution is 0.0908. The fraction of sp³-hybridized carbons (Fsp3) is 0.238. The summed E-state index contributed by atoms with van der Waals surface area (Å²) in [6.45, 7) is 1.75. The Bertz CT molecular complexity index is 1160. The largest absolute Gasteiger partial charge is 0.377 e. The van der Waals surface area contributed by atoms with Gasteiger partial charge >= 0.3 is 0 Å². The molecular weight excluding hydrogens is 404 g/mol. The Morgan fingerprint density at radius 1 is 1.10 bits per heavy atom. The third-order valence-corrected chi connectivity index (χ3v) is 5.37. The van der Waals surface area contributed by atoms with Gasteiger partial charge in [-0.05, 0) is 24.3 Å². The van der Waals surface area contributed by atoms with Crippen LogP contribution in [-0.4, -0.2) is 44.7 Å². The van der Waals surface area contributed by atoms with E-state index in [1.165, 1.54) is 0 Å². The summed E-state index contributed by atoms with van der Waals surface area (Å²) in [6, 6.07) is 13.1. The highest BCUT2D eigenvalue weighted by atomic mass is 35.5. The zero-order valence-electron chi connectivity index (χ0n) is 16.3. The lowest BCUT2D eigenvalue weighted by Gasteiger charge is -2.34. The Labute approximate surface area is 178 Å². The molecule has 0 amide bonds. The quantitative estimate of drug-likeness (QED) is 0.495. The number of pyridine rings is 1. The van der Waals surface area contributed by atoms with Crippen LogP contribution in [0.5, 0.6) is 0 Å². The van der Waals surface area contributed by atoms with Crippen molar-refractivity contribution in [3.8, 4) is 22.7 Å². The van der Waals surface area contributed by atoms with Gasteiger partial charge in [-0.2, -0.15) is 0 Å². The van der Waals surface area contributed by atoms with Crippen molar-refractivity contribution >= 4 is 17.5 Å². The molecule has 1 unspecified atom stereocenters. The molecule has 9 heteroatoms. The number of hydrogen-bond donors (Lipinski definition) is 0. The van der Waals surface area contributed by atoms with Crippen LogP contribution < -0.4 is 4.90 Å². The van der Waals surface area contributed by atoms with Gasteiger partial charge in [0.2, 0.25) is 5.95 Å². The molecule has 1 saturated heterocycles. The molecule has 1 aliphatic rings. The molecule has 3 aromatic heterocycles. The smallest absolute Gasteiger partial charge is 0.227 e. The first kappa shape index (κ1) is 18.8. The number of hydrogen-bond acceptors (Lipinski definition) is 7. The maximum atomic E-state index is 6.11. The van der Waals surface area contributed by atoms with E-state index in [2.05, 4.69) is 25.2 Å². The maximum Gasteiger partial charge on any atom is 0.227 e. The van der Waals surface area contributed by atoms with E-state index in [4.69, 9.17) is 20.9 Å². The van der Waals surface area contributed by atoms with Gasteiger partial charge in [0.25, 0.3) is 0 Å². The van der Waals surface area contributed by atoms with E-state index in [0.29, 0.717) is 30.5 Å². The summed E-state index contributed by atoms with van der Waals surface area (Å²) in [7, 11) is 1.95. The lowest BCUT2D eigenvalue weighted by Crippen LogP contribution is -2.41. The molecule has 8 nitrogen and oxygen atoms in total. The summed E-state index contributed by atoms with van der Waals surface area (Å²) >= 11 is 6.11. The van der Waals surface area contributed by atoms with E-state index >= 15 is 0 Å². The van der Waals surface area contributed by atoms with Crippen LogP contribution >= 0.6 is 11.6 Å². The maximum absolute atomic E-state index is 6.11. The minimum Gasteiger partial charge on any atom is -0.377 e. The van der Waals surface area contributed by atoms with Gasteiger partial charge in [-0.3, -0.25) is 9.55 Å². The van der Waals surface area contributed by atoms with Crippen molar-refractivity contribution in [3.63, 3.8) is 0 Å². The van der Waals surface area contributed by atoms with Crippen LogP contribution in [0.2, 0.25) is 5.02 Å². The fourth-order valence-corrected chi connectivity index (χ4v) is 3.82. The third kappa shape index (κ3) is 3.44. The topological polar surface area (TPSA) is 82.1 Å². The molecule has 0 N–H and O–H groups in total. The van der Waals surface area contributed by atoms with Crippen molar-refractivity contribution < 1.29 is 9.26 Å². The molecule has 1 aromatic carbocycles. The Morgan fingerprint density at radius 2 is 2.00 bits per heavy atom. The average molecular weight is 423 g/mol. The number of benzene rings is 1. The van der Waals surface area contributed by atoms with Crippen LogP contribution in [0.1, 0.15) is 11.7 Å². The van der Waals surface area contributed by atoms with Crippen molar-refractivity contribution in [2.75, 3.05) is 24.7 Å². The predicted molar refractivity (Wildman–Crippen MR) is 112 cm³/mol. The molecule has 0 radical (unpaired) electrons. The molecule has 152 valence electrons. The molecule has 0 spiro atoms. The molecule has 1 aliphatic heterocycles. The second-order valence-electron chi connectivity index (χ2n) is 7.03. The first-order valence-corrected chi connectivity index (χ1v) is 9.95. The molecule has 0 bridgehead atoms. The number of anilines is 1. The molecular formula is C21H19ClN6O2. The van der Waals surface area contributed by atoms with Crippen LogP contribution in [0.4, 0.5) is 5.95 Å². The van der Waals surface area contributed by atoms with Gasteiger partial charge in [0.1, 0.15) is 11.7 Å². The molecule has 0 saturated carbocycles. The standard InChI is InChI=1S/C21H19ClN6O2/c1-27-20(15-5-3-7-23-12-15)24-25-21(27)28-8-9-29-13-18(28)17-11-19(30-26-17)14-4-2-6-16(22)10-14/h2-7,10-12,18H,8-9,13H2,1H3. The van der Waals surface area contributed by atoms with Crippen LogP contribution in [0.15, 0.2) is 59.4 Å². The molecule has 4 aromatic rings. The fourth-order valence-electron chi connectivity index (χ4n) is 3.63. The Kier molecular flexibility index (Phi) is 4.94. The number of morpholine rings is 1. The van der Waals surface area contributed by atoms with E-state index in [0.717, 1.165) is 28.6 Å². The van der Waals surface area contributed by atoms with E-state index in [9.17, 15) is 0 Å². The number of aromatic nitrogens is 5. The molecule has 4 heterocycles. The molecule has 1 atom stereocenters. The predicted octanol–water partition coefficient (Wildman–Crippen LogP) is 3.76. The SMILES string of the molecule is Cn1c(-c2cccnc2)nnc1N1CCOCC1c1cc(-c2cccc(Cl)c2)on1. The first-order valence-electron chi connectivity index (χ1n) is 9.57. The van der Waals surface area contributed by atoms with Crippen LogP contribution in [0.3, 0.4) is 0 Å². The van der Waals surface area contributed by atoms with Gasteiger partial charge in [-0.15, -0.1) is 10.2 Å². The van der Waals surface area contributed by atoms with E-state index in [1.807, 2.05) is 54.1 Å². The minimum absolute atomic E-state index is 0.139. The number of rotatable bonds is 4. The zero-order chi connectivity index (χ0) is 20.5. The van der Waals surface area contributed by atoms with Gasteiger partial charge < -0.3 is 14.2 Å². The highest BCUT2D eigenvalue weighted by Crippen LogP contribution is 2.32. The van der Waals surface area contributed by atoms with Crippen molar-refractivity contribution in [1.82, 2.24) is 24.9 Å². The number of halogens is 1. The van der Waals surface area contributed by atoms with Crippen molar-refractivity contribution in [3.05, 3.63) is 65.6 Å². The van der Waals surface area contributed by atoms with Gasteiger partial charge in [0.05, 0.1) is 13.2 Å². The summed E-state index contributed by atoms with van der Waals surface area (Å²) in [5, 5.41) is 13.8. The summed E-state index contributed by atoms with van der Waals surface area (Å²) in [5.41, 5.74) is 2.56. The molecule has 0 aliphatic carbocycles. The Morgan fingerprint density at radius 3 is 2.83 bits per heavy atom. The van der Waals surface area contributed by atoms with Gasteiger partial charge in [-0.1, -0.05) is 28.9 Å². The van der Waals surface area contributed by atoms with Crippen molar-refractivity contribution in [2.45, 2.75) is 6.04 Å². The van der Waals surface area contributed by atoms with Gasteiger partial charge in [-0.25, -0.2) is 0 Å². The average Bonchev–Trinajstić information content (AvgIpc) is 3.42. The third-order valence-electron chi connectivity index (χ3n) is 5.14. The Balaban J connectivity index is 1.47. The van der Waals surface area contributed by atoms with Crippen LogP contribution in [-0.2, 0) is 11.8 Å². The highest BCUT2D eigenvalue weighted by Gasteiger charge is 2.31. The normalized spacial score (nSPS) is 16.7. The molecule has 5 rings (SSSR count). The highest BCUT2D eigenvalue weighted by molar-refractivity contribution is 6.30.